The number of imidazole rings is 2. The number of aromatic nitrogens is 8. The average Bonchev–Trinajstić information content (AvgIpc) is 0.978. The highest BCUT2D eigenvalue weighted by atomic mass is 16.2. The van der Waals surface area contributed by atoms with Crippen molar-refractivity contribution in [2.45, 2.75) is 66.2 Å². The Morgan fingerprint density at radius 2 is 1.04 bits per heavy atom. The summed E-state index contributed by atoms with van der Waals surface area (Å²) in [6.07, 6.45) is 10.9. The molecule has 0 radical (unpaired) electrons. The van der Waals surface area contributed by atoms with E-state index in [0.29, 0.717) is 92.1 Å². The van der Waals surface area contributed by atoms with Crippen LogP contribution in [0.4, 0.5) is 34.4 Å². The molecule has 5 aromatic heterocycles. The van der Waals surface area contributed by atoms with Gasteiger partial charge in [0.05, 0.1) is 33.5 Å². The molecule has 6 aromatic carbocycles. The number of nitrogens with two attached hydrogens (primary N) is 1. The number of H-pyrrole nitrogens is 1. The minimum absolute atomic E-state index is 0.0276. The largest absolute Gasteiger partial charge is 0.398 e. The molecule has 2 aliphatic heterocycles. The maximum Gasteiger partial charge on any atom is 0.333 e. The van der Waals surface area contributed by atoms with Crippen molar-refractivity contribution < 1.29 is 14.4 Å². The van der Waals surface area contributed by atoms with Gasteiger partial charge in [-0.15, -0.1) is 0 Å². The van der Waals surface area contributed by atoms with E-state index in [1.54, 1.807) is 30.6 Å². The SMILES string of the molecule is Cc1c(-c2cn3ccnc3c(Nc3ccc(C(=O)N4CCN(C)CC4)cc3)n2)cccc1-n1c(=O)[nH]c2cc(C(C)(C)C)ccc2c1=O.Cc1c(NC(=O)c2ccc(C(C)(C)C)cc2N)cccc1-c1cn2ccnc2c(Nc2ccc(C(=O)N3CCN(C)CC3)cc2)n1. The molecule has 0 bridgehead atoms. The van der Waals surface area contributed by atoms with Gasteiger partial charge in [0.1, 0.15) is 0 Å². The number of carbonyl (C=O) groups is 3. The molecule has 0 aliphatic carbocycles. The minimum Gasteiger partial charge on any atom is -0.398 e. The first-order valence-electron chi connectivity index (χ1n) is 31.5. The van der Waals surface area contributed by atoms with E-state index in [-0.39, 0.29) is 34.1 Å². The van der Waals surface area contributed by atoms with Gasteiger partial charge in [-0.1, -0.05) is 77.9 Å². The van der Waals surface area contributed by atoms with Crippen molar-refractivity contribution in [1.82, 2.24) is 57.9 Å². The lowest BCUT2D eigenvalue weighted by Crippen LogP contribution is -2.47. The van der Waals surface area contributed by atoms with Crippen LogP contribution in [0.1, 0.15) is 94.9 Å². The number of piperazine rings is 2. The summed E-state index contributed by atoms with van der Waals surface area (Å²) in [5, 5.41) is 10.3. The standard InChI is InChI=1S/C37H38N8O3.C36H40N8O2/c1-23-27(7-6-8-31(23)45-35(47)28-14-11-25(37(2,3)4)21-29(28)41-36(45)48)30-22-44-16-15-38-33(44)32(40-30)39-26-12-9-24(10-13-26)34(46)43-19-17-42(5)18-20-43;1-23-27(7-6-8-30(23)41-34(45)28-14-11-25(21-29(28)37)36(2,3)4)31-22-44-16-15-38-33(44)32(40-31)39-26-12-9-24(10-13-26)35(46)43-19-17-42(5)18-20-43/h6-16,21-22H,17-20H2,1-5H3,(H,39,40)(H,41,48);6-16,21-22H,17-20,37H2,1-5H3,(H,39,40)(H,41,45). The maximum absolute atomic E-state index is 13.8. The third-order valence-corrected chi connectivity index (χ3v) is 17.7. The summed E-state index contributed by atoms with van der Waals surface area (Å²) in [5.41, 5.74) is 18.5. The molecular formula is C73H78N16O5. The predicted octanol–water partition coefficient (Wildman–Crippen LogP) is 11.1. The van der Waals surface area contributed by atoms with E-state index < -0.39 is 5.69 Å². The van der Waals surface area contributed by atoms with E-state index in [1.165, 1.54) is 4.57 Å². The van der Waals surface area contributed by atoms with Crippen LogP contribution in [0.25, 0.3) is 50.4 Å². The van der Waals surface area contributed by atoms with Crippen LogP contribution in [0, 0.1) is 13.8 Å². The number of nitrogens with zero attached hydrogens (tertiary/aromatic N) is 11. The fourth-order valence-electron chi connectivity index (χ4n) is 11.9. The zero-order valence-electron chi connectivity index (χ0n) is 54.7. The zero-order valence-corrected chi connectivity index (χ0v) is 54.7. The van der Waals surface area contributed by atoms with Crippen LogP contribution in [-0.2, 0) is 10.8 Å². The van der Waals surface area contributed by atoms with Gasteiger partial charge < -0.3 is 55.1 Å². The first kappa shape index (κ1) is 63.4. The molecule has 21 heteroatoms. The summed E-state index contributed by atoms with van der Waals surface area (Å²) >= 11 is 0. The highest BCUT2D eigenvalue weighted by Gasteiger charge is 2.25. The fraction of sp³-hybridized carbons (Fsp3) is 0.274. The quantitative estimate of drug-likeness (QED) is 0.0757. The van der Waals surface area contributed by atoms with Gasteiger partial charge in [0.25, 0.3) is 23.3 Å². The summed E-state index contributed by atoms with van der Waals surface area (Å²) in [7, 11) is 4.14. The predicted molar refractivity (Wildman–Crippen MR) is 373 cm³/mol. The average molecular weight is 1260 g/mol. The second kappa shape index (κ2) is 25.7. The van der Waals surface area contributed by atoms with Crippen molar-refractivity contribution in [3.8, 4) is 28.2 Å². The third-order valence-electron chi connectivity index (χ3n) is 17.7. The number of hydrogen-bond donors (Lipinski definition) is 5. The highest BCUT2D eigenvalue weighted by Crippen LogP contribution is 2.34. The Morgan fingerprint density at radius 3 is 1.54 bits per heavy atom. The molecule has 2 aliphatic rings. The van der Waals surface area contributed by atoms with E-state index in [2.05, 4.69) is 96.3 Å². The van der Waals surface area contributed by atoms with Crippen molar-refractivity contribution in [1.29, 1.82) is 0 Å². The van der Waals surface area contributed by atoms with E-state index in [9.17, 15) is 24.0 Å². The Kier molecular flexibility index (Phi) is 17.3. The molecule has 480 valence electrons. The molecular weight excluding hydrogens is 1180 g/mol. The first-order chi connectivity index (χ1) is 44.9. The molecule has 0 atom stereocenters. The van der Waals surface area contributed by atoms with Gasteiger partial charge >= 0.3 is 5.69 Å². The summed E-state index contributed by atoms with van der Waals surface area (Å²) in [5.74, 6) is 0.896. The molecule has 11 aromatic rings. The van der Waals surface area contributed by atoms with Gasteiger partial charge in [-0.2, -0.15) is 0 Å². The number of benzene rings is 6. The topological polar surface area (TPSA) is 242 Å². The molecule has 0 saturated carbocycles. The smallest absolute Gasteiger partial charge is 0.333 e. The van der Waals surface area contributed by atoms with Gasteiger partial charge in [0, 0.05) is 135 Å². The molecule has 3 amide bonds. The van der Waals surface area contributed by atoms with Crippen LogP contribution in [0.2, 0.25) is 0 Å². The van der Waals surface area contributed by atoms with Crippen LogP contribution < -0.4 is 32.9 Å². The first-order valence-corrected chi connectivity index (χ1v) is 31.5. The normalized spacial score (nSPS) is 14.1. The zero-order chi connectivity index (χ0) is 66.3. The van der Waals surface area contributed by atoms with Crippen LogP contribution in [0.15, 0.2) is 168 Å². The van der Waals surface area contributed by atoms with Crippen molar-refractivity contribution in [2.75, 3.05) is 88.1 Å². The number of nitrogens with one attached hydrogen (secondary N) is 4. The Balaban J connectivity index is 0.000000181. The number of rotatable bonds is 11. The second-order valence-electron chi connectivity index (χ2n) is 26.4. The molecule has 13 rings (SSSR count). The fourth-order valence-corrected chi connectivity index (χ4v) is 11.9. The molecule has 2 fully saturated rings. The summed E-state index contributed by atoms with van der Waals surface area (Å²) in [6, 6.07) is 37.3. The Labute approximate surface area is 545 Å². The molecule has 21 nitrogen and oxygen atoms in total. The monoisotopic (exact) mass is 1260 g/mol. The number of amides is 3. The van der Waals surface area contributed by atoms with Crippen LogP contribution in [0.5, 0.6) is 0 Å². The van der Waals surface area contributed by atoms with Crippen LogP contribution in [-0.4, -0.2) is 142 Å². The lowest BCUT2D eigenvalue weighted by atomic mass is 9.86. The molecule has 94 heavy (non-hydrogen) atoms. The number of nitrogen functional groups attached to an aromatic ring is 1. The Morgan fingerprint density at radius 1 is 0.564 bits per heavy atom. The van der Waals surface area contributed by atoms with Crippen LogP contribution >= 0.6 is 0 Å². The van der Waals surface area contributed by atoms with Crippen molar-refractivity contribution >= 4 is 74.3 Å². The highest BCUT2D eigenvalue weighted by molar-refractivity contribution is 6.08. The van der Waals surface area contributed by atoms with Gasteiger partial charge in [-0.3, -0.25) is 19.2 Å². The Bertz CT molecular complexity index is 4820. The van der Waals surface area contributed by atoms with Gasteiger partial charge in [-0.25, -0.2) is 29.3 Å². The second-order valence-corrected chi connectivity index (χ2v) is 26.4. The Hall–Kier alpha value is -10.8. The minimum atomic E-state index is -0.506. The van der Waals surface area contributed by atoms with Gasteiger partial charge in [0.2, 0.25) is 0 Å². The van der Waals surface area contributed by atoms with E-state index in [0.717, 1.165) is 84.0 Å². The molecule has 6 N–H and O–H groups in total. The van der Waals surface area contributed by atoms with Crippen molar-refractivity contribution in [2.24, 2.45) is 0 Å². The third kappa shape index (κ3) is 13.2. The molecule has 2 saturated heterocycles. The van der Waals surface area contributed by atoms with Crippen molar-refractivity contribution in [3.05, 3.63) is 218 Å². The number of hydrogen-bond acceptors (Lipinski definition) is 14. The lowest BCUT2D eigenvalue weighted by molar-refractivity contribution is 0.0657. The molecule has 7 heterocycles. The molecule has 0 unspecified atom stereocenters. The summed E-state index contributed by atoms with van der Waals surface area (Å²) < 4.78 is 4.99. The number of carbonyl (C=O) groups excluding carboxylic acids is 3. The maximum atomic E-state index is 13.8. The van der Waals surface area contributed by atoms with E-state index in [1.807, 2.05) is 160 Å². The number of aromatic amines is 1. The van der Waals surface area contributed by atoms with Crippen LogP contribution in [0.3, 0.4) is 0 Å². The van der Waals surface area contributed by atoms with E-state index >= 15 is 0 Å². The molecule has 0 spiro atoms. The number of fused-ring (bicyclic) bond motifs is 3. The number of likely N-dealkylation sites (N-methyl/N-ethyl adjacent to an activating group) is 2. The van der Waals surface area contributed by atoms with Gasteiger partial charge in [-0.05, 0) is 146 Å². The number of anilines is 6. The summed E-state index contributed by atoms with van der Waals surface area (Å²) in [6.45, 7) is 22.8. The lowest BCUT2D eigenvalue weighted by Gasteiger charge is -2.32. The van der Waals surface area contributed by atoms with E-state index in [4.69, 9.17) is 15.7 Å². The summed E-state index contributed by atoms with van der Waals surface area (Å²) in [4.78, 5) is 96.7. The van der Waals surface area contributed by atoms with Crippen molar-refractivity contribution in [3.63, 3.8) is 0 Å². The van der Waals surface area contributed by atoms with Gasteiger partial charge in [0.15, 0.2) is 22.9 Å².